The predicted molar refractivity (Wildman–Crippen MR) is 12.1 cm³/mol. The van der Waals surface area contributed by atoms with Crippen LogP contribution in [0.5, 0.6) is 0 Å². The molecule has 0 aromatic heterocycles. The van der Waals surface area contributed by atoms with Crippen molar-refractivity contribution in [1.29, 1.82) is 0 Å². The van der Waals surface area contributed by atoms with Gasteiger partial charge in [-0.05, 0) is 0 Å². The SMILES string of the molecule is O=[N+]([O-])O.[N-3]. The molecule has 0 heterocycles. The molecule has 0 saturated heterocycles. The summed E-state index contributed by atoms with van der Waals surface area (Å²) >= 11 is 0. The van der Waals surface area contributed by atoms with Crippen molar-refractivity contribution in [3.63, 3.8) is 0 Å². The van der Waals surface area contributed by atoms with Crippen molar-refractivity contribution in [3.8, 4) is 0 Å². The van der Waals surface area contributed by atoms with Crippen LogP contribution in [-0.2, 0) is 0 Å². The van der Waals surface area contributed by atoms with Gasteiger partial charge in [0.1, 0.15) is 0 Å². The van der Waals surface area contributed by atoms with E-state index in [2.05, 4.69) is 0 Å². The van der Waals surface area contributed by atoms with Gasteiger partial charge in [-0.2, -0.15) is 0 Å². The van der Waals surface area contributed by atoms with E-state index < -0.39 is 5.09 Å². The molecule has 0 spiro atoms. The molecule has 5 heavy (non-hydrogen) atoms. The van der Waals surface area contributed by atoms with Crippen molar-refractivity contribution in [2.45, 2.75) is 0 Å². The molecule has 5 nitrogen and oxygen atoms in total. The van der Waals surface area contributed by atoms with Crippen LogP contribution in [0.25, 0.3) is 6.15 Å². The van der Waals surface area contributed by atoms with Crippen LogP contribution < -0.4 is 0 Å². The molecule has 0 radical (unpaired) electrons. The molecule has 0 saturated carbocycles. The fourth-order valence-electron chi connectivity index (χ4n) is 0. The van der Waals surface area contributed by atoms with Gasteiger partial charge in [0.2, 0.25) is 0 Å². The van der Waals surface area contributed by atoms with E-state index in [9.17, 15) is 0 Å². The maximum absolute atomic E-state index is 8.36. The smallest absolute Gasteiger partial charge is 0.291 e. The third-order valence-corrected chi connectivity index (χ3v) is 0. The zero-order valence-corrected chi connectivity index (χ0v) is 2.16. The average molecular weight is 77.0 g/mol. The summed E-state index contributed by atoms with van der Waals surface area (Å²) in [7, 11) is 0. The Labute approximate surface area is 27.9 Å². The van der Waals surface area contributed by atoms with Crippen LogP contribution in [0, 0.1) is 10.1 Å². The minimum absolute atomic E-state index is 0. The maximum Gasteiger partial charge on any atom is 0.291 e. The highest BCUT2D eigenvalue weighted by atomic mass is 16.9. The van der Waals surface area contributed by atoms with Gasteiger partial charge in [-0.1, -0.05) is 0 Å². The van der Waals surface area contributed by atoms with Crippen molar-refractivity contribution in [2.75, 3.05) is 0 Å². The summed E-state index contributed by atoms with van der Waals surface area (Å²) in [4.78, 5) is 8.36. The lowest BCUT2D eigenvalue weighted by Gasteiger charge is -3.00. The Morgan fingerprint density at radius 1 is 1.80 bits per heavy atom. The summed E-state index contributed by atoms with van der Waals surface area (Å²) < 4.78 is 0. The predicted octanol–water partition coefficient (Wildman–Crippen LogP) is -0.0590. The van der Waals surface area contributed by atoms with Crippen molar-refractivity contribution >= 4 is 0 Å². The topological polar surface area (TPSA) is 93.9 Å². The minimum Gasteiger partial charge on any atom is -3.00 e. The number of rotatable bonds is 0. The van der Waals surface area contributed by atoms with Crippen LogP contribution in [0.3, 0.4) is 0 Å². The minimum atomic E-state index is -1.50. The van der Waals surface area contributed by atoms with E-state index in [1.165, 1.54) is 0 Å². The van der Waals surface area contributed by atoms with E-state index in [0.29, 0.717) is 0 Å². The molecule has 0 unspecified atom stereocenters. The lowest BCUT2D eigenvalue weighted by atomic mass is 13.1. The average Bonchev–Trinajstić information content (AvgIpc) is 0.811. The van der Waals surface area contributed by atoms with E-state index in [4.69, 9.17) is 15.3 Å². The van der Waals surface area contributed by atoms with Gasteiger partial charge in [-0.25, -0.2) is 0 Å². The van der Waals surface area contributed by atoms with E-state index >= 15 is 0 Å². The summed E-state index contributed by atoms with van der Waals surface area (Å²) in [5, 5.41) is 13.6. The van der Waals surface area contributed by atoms with Gasteiger partial charge in [0.15, 0.2) is 0 Å². The van der Waals surface area contributed by atoms with Crippen LogP contribution in [0.4, 0.5) is 0 Å². The summed E-state index contributed by atoms with van der Waals surface area (Å²) in [6.07, 6.45) is 0. The van der Waals surface area contributed by atoms with Crippen LogP contribution >= 0.6 is 0 Å². The molecule has 0 atom stereocenters. The fourth-order valence-corrected chi connectivity index (χ4v) is 0. The van der Waals surface area contributed by atoms with Gasteiger partial charge >= 0.3 is 0 Å². The molecule has 32 valence electrons. The largest absolute Gasteiger partial charge is 3.00 e. The van der Waals surface area contributed by atoms with Crippen LogP contribution in [-0.4, -0.2) is 10.3 Å². The van der Waals surface area contributed by atoms with Gasteiger partial charge in [-0.15, -0.1) is 10.1 Å². The van der Waals surface area contributed by atoms with Crippen LogP contribution in [0.15, 0.2) is 0 Å². The molecule has 0 rings (SSSR count). The van der Waals surface area contributed by atoms with Gasteiger partial charge < -0.3 is 11.4 Å². The molecule has 0 aliphatic heterocycles. The molecular formula is HN2O3-3. The first-order chi connectivity index (χ1) is 1.73. The molecule has 0 aromatic rings. The van der Waals surface area contributed by atoms with Gasteiger partial charge in [0.05, 0.1) is 0 Å². The first kappa shape index (κ1) is 8.90. The van der Waals surface area contributed by atoms with Crippen LogP contribution in [0.2, 0.25) is 0 Å². The summed E-state index contributed by atoms with van der Waals surface area (Å²) in [6, 6.07) is 0. The molecule has 0 aliphatic rings. The summed E-state index contributed by atoms with van der Waals surface area (Å²) in [5.74, 6) is 0. The van der Waals surface area contributed by atoms with Gasteiger partial charge in [-0.3, -0.25) is 0 Å². The molecule has 0 aromatic carbocycles. The van der Waals surface area contributed by atoms with Gasteiger partial charge in [0.25, 0.3) is 5.09 Å². The highest BCUT2D eigenvalue weighted by Crippen LogP contribution is 1.38. The number of nitrogens with zero attached hydrogens (tertiary/aromatic N) is 2. The lowest BCUT2D eigenvalue weighted by Crippen LogP contribution is -1.81. The Morgan fingerprint density at radius 2 is 1.80 bits per heavy atom. The second-order valence-corrected chi connectivity index (χ2v) is 0.238. The zero-order chi connectivity index (χ0) is 3.58. The Kier molecular flexibility index (Phi) is 5.63. The Balaban J connectivity index is 0. The normalized spacial score (nSPS) is 4.80. The van der Waals surface area contributed by atoms with Gasteiger partial charge in [0, 0.05) is 0 Å². The molecular weight excluding hydrogens is 76.0 g/mol. The second-order valence-electron chi connectivity index (χ2n) is 0.238. The fraction of sp³-hybridized carbons (Fsp3) is 0. The van der Waals surface area contributed by atoms with E-state index in [0.717, 1.165) is 0 Å². The molecule has 5 heteroatoms. The van der Waals surface area contributed by atoms with Crippen molar-refractivity contribution in [1.82, 2.24) is 0 Å². The second kappa shape index (κ2) is 3.16. The summed E-state index contributed by atoms with van der Waals surface area (Å²) in [5.41, 5.74) is 0. The molecule has 0 fully saturated rings. The van der Waals surface area contributed by atoms with Crippen molar-refractivity contribution in [3.05, 3.63) is 16.3 Å². The molecule has 1 N–H and O–H groups in total. The summed E-state index contributed by atoms with van der Waals surface area (Å²) in [6.45, 7) is 0. The first-order valence-electron chi connectivity index (χ1n) is 0.565. The standard InChI is InChI=1S/HNO3.N/c2-1(3)4;/h(H,2,3,4);/q;-3. The third-order valence-electron chi connectivity index (χ3n) is 0. The Bertz CT molecular complexity index is 27.9. The lowest BCUT2D eigenvalue weighted by molar-refractivity contribution is -0.742. The van der Waals surface area contributed by atoms with E-state index in [-0.39, 0.29) is 6.15 Å². The molecule has 0 amide bonds. The highest BCUT2D eigenvalue weighted by molar-refractivity contribution is 3.83. The molecule has 0 bridgehead atoms. The third kappa shape index (κ3) is 6.03. The number of hydrogen-bond acceptors (Lipinski definition) is 2. The first-order valence-corrected chi connectivity index (χ1v) is 0.565. The van der Waals surface area contributed by atoms with Crippen molar-refractivity contribution in [2.24, 2.45) is 0 Å². The monoisotopic (exact) mass is 77.0 g/mol. The Hall–Kier alpha value is -0.840. The van der Waals surface area contributed by atoms with Crippen molar-refractivity contribution < 1.29 is 10.3 Å². The Morgan fingerprint density at radius 3 is 1.80 bits per heavy atom. The quantitative estimate of drug-likeness (QED) is 0.324. The van der Waals surface area contributed by atoms with E-state index in [1.807, 2.05) is 0 Å². The van der Waals surface area contributed by atoms with E-state index in [1.54, 1.807) is 0 Å². The maximum atomic E-state index is 8.36. The highest BCUT2D eigenvalue weighted by Gasteiger charge is 1.65. The number of hydrogen-bond donors (Lipinski definition) is 1. The molecule has 0 aliphatic carbocycles. The van der Waals surface area contributed by atoms with Crippen LogP contribution in [0.1, 0.15) is 0 Å². The zero-order valence-electron chi connectivity index (χ0n) is 2.16.